The van der Waals surface area contributed by atoms with Crippen LogP contribution in [0.25, 0.3) is 22.3 Å². The fourth-order valence-electron chi connectivity index (χ4n) is 9.28. The van der Waals surface area contributed by atoms with E-state index in [1.165, 1.54) is 72.6 Å². The second-order valence-corrected chi connectivity index (χ2v) is 14.2. The van der Waals surface area contributed by atoms with Gasteiger partial charge in [0.1, 0.15) is 0 Å². The number of nitrogens with zero attached hydrogens (tertiary/aromatic N) is 1. The highest BCUT2D eigenvalue weighted by molar-refractivity contribution is 5.98. The predicted octanol–water partition coefficient (Wildman–Crippen LogP) is 12.5. The Morgan fingerprint density at radius 1 is 0.620 bits per heavy atom. The smallest absolute Gasteiger partial charge is 0.0633 e. The Morgan fingerprint density at radius 3 is 2.04 bits per heavy atom. The quantitative estimate of drug-likeness (QED) is 0.159. The van der Waals surface area contributed by atoms with Crippen molar-refractivity contribution in [2.45, 2.75) is 56.9 Å². The lowest BCUT2D eigenvalue weighted by Gasteiger charge is -2.30. The third-order valence-corrected chi connectivity index (χ3v) is 11.9. The SMILES string of the molecule is CCC1(CC)c2ccccc2-c2ccc(C(Cc3ccc(C4=CCC5C(=C4)c4ccccc4N5c4ccccc4)cc3)c3ccccc3)cc21. The second-order valence-electron chi connectivity index (χ2n) is 14.2. The van der Waals surface area contributed by atoms with Crippen molar-refractivity contribution in [3.8, 4) is 11.1 Å². The summed E-state index contributed by atoms with van der Waals surface area (Å²) in [5, 5.41) is 0. The molecule has 1 aliphatic heterocycles. The summed E-state index contributed by atoms with van der Waals surface area (Å²) in [6.07, 6.45) is 9.04. The largest absolute Gasteiger partial charge is 0.333 e. The van der Waals surface area contributed by atoms with Gasteiger partial charge < -0.3 is 4.90 Å². The van der Waals surface area contributed by atoms with Gasteiger partial charge in [-0.1, -0.05) is 153 Å². The van der Waals surface area contributed by atoms with E-state index in [9.17, 15) is 0 Å². The molecule has 0 saturated heterocycles. The van der Waals surface area contributed by atoms with E-state index in [1.54, 1.807) is 0 Å². The molecule has 244 valence electrons. The van der Waals surface area contributed by atoms with Crippen LogP contribution in [0.15, 0.2) is 164 Å². The zero-order valence-electron chi connectivity index (χ0n) is 29.0. The van der Waals surface area contributed by atoms with Crippen molar-refractivity contribution in [1.82, 2.24) is 0 Å². The fraction of sp³-hybridized carbons (Fsp3) is 0.184. The zero-order chi connectivity index (χ0) is 33.7. The number of hydrogen-bond donors (Lipinski definition) is 0. The van der Waals surface area contributed by atoms with E-state index in [4.69, 9.17) is 0 Å². The van der Waals surface area contributed by atoms with Gasteiger partial charge in [0.25, 0.3) is 0 Å². The molecule has 0 radical (unpaired) electrons. The molecular formula is C49H43N. The maximum atomic E-state index is 2.56. The van der Waals surface area contributed by atoms with Crippen LogP contribution in [0.1, 0.15) is 78.0 Å². The van der Waals surface area contributed by atoms with Gasteiger partial charge in [0.05, 0.1) is 6.04 Å². The minimum absolute atomic E-state index is 0.0734. The highest BCUT2D eigenvalue weighted by atomic mass is 15.2. The maximum Gasteiger partial charge on any atom is 0.0633 e. The Hall–Kier alpha value is -5.40. The van der Waals surface area contributed by atoms with Crippen molar-refractivity contribution < 1.29 is 0 Å². The van der Waals surface area contributed by atoms with Crippen LogP contribution in [0.2, 0.25) is 0 Å². The lowest BCUT2D eigenvalue weighted by atomic mass is 9.73. The molecule has 1 heteroatoms. The molecule has 2 aliphatic carbocycles. The van der Waals surface area contributed by atoms with E-state index in [0.717, 1.165) is 25.7 Å². The number of benzene rings is 6. The summed E-state index contributed by atoms with van der Waals surface area (Å²) in [4.78, 5) is 2.52. The minimum atomic E-state index is 0.0734. The van der Waals surface area contributed by atoms with Gasteiger partial charge >= 0.3 is 0 Å². The minimum Gasteiger partial charge on any atom is -0.333 e. The summed E-state index contributed by atoms with van der Waals surface area (Å²) in [7, 11) is 0. The average molecular weight is 646 g/mol. The lowest BCUT2D eigenvalue weighted by Crippen LogP contribution is -2.27. The van der Waals surface area contributed by atoms with E-state index in [0.29, 0.717) is 6.04 Å². The first-order valence-electron chi connectivity index (χ1n) is 18.4. The summed E-state index contributed by atoms with van der Waals surface area (Å²) in [5.41, 5.74) is 18.0. The maximum absolute atomic E-state index is 2.56. The fourth-order valence-corrected chi connectivity index (χ4v) is 9.28. The molecule has 2 atom stereocenters. The van der Waals surface area contributed by atoms with Crippen LogP contribution in [-0.2, 0) is 11.8 Å². The molecule has 0 amide bonds. The number of anilines is 2. The van der Waals surface area contributed by atoms with Crippen LogP contribution in [0.5, 0.6) is 0 Å². The summed E-state index contributed by atoms with van der Waals surface area (Å²) in [6, 6.07) is 57.0. The molecule has 9 rings (SSSR count). The van der Waals surface area contributed by atoms with Gasteiger partial charge in [-0.2, -0.15) is 0 Å². The van der Waals surface area contributed by atoms with Crippen LogP contribution in [0.3, 0.4) is 0 Å². The molecule has 0 bridgehead atoms. The molecular weight excluding hydrogens is 603 g/mol. The predicted molar refractivity (Wildman–Crippen MR) is 211 cm³/mol. The molecule has 0 aromatic heterocycles. The molecule has 6 aromatic carbocycles. The summed E-state index contributed by atoms with van der Waals surface area (Å²) in [6.45, 7) is 4.72. The summed E-state index contributed by atoms with van der Waals surface area (Å²) >= 11 is 0. The van der Waals surface area contributed by atoms with Crippen LogP contribution in [-0.4, -0.2) is 6.04 Å². The van der Waals surface area contributed by atoms with Crippen molar-refractivity contribution in [1.29, 1.82) is 0 Å². The van der Waals surface area contributed by atoms with Crippen molar-refractivity contribution in [2.75, 3.05) is 4.90 Å². The average Bonchev–Trinajstić information content (AvgIpc) is 3.67. The zero-order valence-corrected chi connectivity index (χ0v) is 29.0. The standard InChI is InChI=1S/C49H43N/c1-3-49(4-2)45-21-13-11-19-40(45)41-29-27-38(33-46(41)49)43(36-15-7-5-8-16-36)31-34-23-25-35(26-24-34)37-28-30-48-44(32-37)42-20-12-14-22-47(42)50(48)39-17-9-6-10-18-39/h5-29,32-33,43,48H,3-4,30-31H2,1-2H3. The normalized spacial score (nSPS) is 17.2. The third-order valence-electron chi connectivity index (χ3n) is 11.9. The van der Waals surface area contributed by atoms with Crippen molar-refractivity contribution in [2.24, 2.45) is 0 Å². The highest BCUT2D eigenvalue weighted by Gasteiger charge is 2.41. The molecule has 0 spiro atoms. The van der Waals surface area contributed by atoms with Crippen molar-refractivity contribution >= 4 is 22.5 Å². The van der Waals surface area contributed by atoms with E-state index in [1.807, 2.05) is 0 Å². The Balaban J connectivity index is 1.03. The molecule has 1 heterocycles. The number of allylic oxidation sites excluding steroid dienone is 2. The molecule has 6 aromatic rings. The summed E-state index contributed by atoms with van der Waals surface area (Å²) < 4.78 is 0. The summed E-state index contributed by atoms with van der Waals surface area (Å²) in [5.74, 6) is 0.276. The van der Waals surface area contributed by atoms with Gasteiger partial charge in [0, 0.05) is 28.3 Å². The Bertz CT molecular complexity index is 2240. The number of para-hydroxylation sites is 2. The van der Waals surface area contributed by atoms with Crippen LogP contribution in [0.4, 0.5) is 11.4 Å². The molecule has 0 saturated carbocycles. The van der Waals surface area contributed by atoms with Crippen molar-refractivity contribution in [3.63, 3.8) is 0 Å². The number of fused-ring (bicyclic) bond motifs is 6. The lowest BCUT2D eigenvalue weighted by molar-refractivity contribution is 0.489. The Kier molecular flexibility index (Phi) is 7.65. The molecule has 1 nitrogen and oxygen atoms in total. The number of hydrogen-bond acceptors (Lipinski definition) is 1. The molecule has 3 aliphatic rings. The van der Waals surface area contributed by atoms with Crippen LogP contribution >= 0.6 is 0 Å². The van der Waals surface area contributed by atoms with E-state index in [-0.39, 0.29) is 11.3 Å². The van der Waals surface area contributed by atoms with Gasteiger partial charge in [-0.05, 0) is 106 Å². The molecule has 50 heavy (non-hydrogen) atoms. The van der Waals surface area contributed by atoms with Gasteiger partial charge in [-0.3, -0.25) is 0 Å². The topological polar surface area (TPSA) is 3.24 Å². The first-order chi connectivity index (χ1) is 24.7. The van der Waals surface area contributed by atoms with Gasteiger partial charge in [-0.25, -0.2) is 0 Å². The first-order valence-corrected chi connectivity index (χ1v) is 18.4. The first kappa shape index (κ1) is 30.6. The molecule has 0 N–H and O–H groups in total. The van der Waals surface area contributed by atoms with Crippen LogP contribution < -0.4 is 4.90 Å². The van der Waals surface area contributed by atoms with Gasteiger partial charge in [0.15, 0.2) is 0 Å². The van der Waals surface area contributed by atoms with Crippen molar-refractivity contribution in [3.05, 3.63) is 203 Å². The second kappa shape index (κ2) is 12.5. The van der Waals surface area contributed by atoms with Gasteiger partial charge in [-0.15, -0.1) is 0 Å². The Morgan fingerprint density at radius 2 is 1.28 bits per heavy atom. The monoisotopic (exact) mass is 645 g/mol. The van der Waals surface area contributed by atoms with Gasteiger partial charge in [0.2, 0.25) is 0 Å². The van der Waals surface area contributed by atoms with E-state index in [2.05, 4.69) is 183 Å². The molecule has 2 unspecified atom stereocenters. The van der Waals surface area contributed by atoms with E-state index < -0.39 is 0 Å². The third kappa shape index (κ3) is 4.90. The Labute approximate surface area is 297 Å². The van der Waals surface area contributed by atoms with Crippen LogP contribution in [0, 0.1) is 0 Å². The molecule has 0 fully saturated rings. The number of rotatable bonds is 8. The highest BCUT2D eigenvalue weighted by Crippen LogP contribution is 2.53. The van der Waals surface area contributed by atoms with E-state index >= 15 is 0 Å².